The molecule has 0 spiro atoms. The molecule has 0 aliphatic carbocycles. The number of carbonyl (C=O) groups is 1. The monoisotopic (exact) mass is 461 g/mol. The Bertz CT molecular complexity index is 1280. The Morgan fingerprint density at radius 3 is 2.85 bits per heavy atom. The van der Waals surface area contributed by atoms with Gasteiger partial charge in [0.15, 0.2) is 5.89 Å². The second-order valence-electron chi connectivity index (χ2n) is 8.37. The Morgan fingerprint density at radius 1 is 1.21 bits per heavy atom. The summed E-state index contributed by atoms with van der Waals surface area (Å²) < 4.78 is 30.0. The fourth-order valence-corrected chi connectivity index (χ4v) is 4.22. The lowest BCUT2D eigenvalue weighted by Gasteiger charge is -2.30. The standard InChI is InChI=1S/C26H24FN3O4/c1-32-21-9-7-17(8-10-21)12-22-15-28-25(33-22)19-5-3-11-30(16-19)26(31)24-14-23(29-34-24)18-4-2-6-20(27)13-18/h2,4,6-10,13-15,19H,3,5,11-12,16H2,1H3. The predicted octanol–water partition coefficient (Wildman–Crippen LogP) is 5.09. The number of hydrogen-bond donors (Lipinski definition) is 0. The number of benzene rings is 2. The van der Waals surface area contributed by atoms with Crippen molar-refractivity contribution >= 4 is 5.91 Å². The summed E-state index contributed by atoms with van der Waals surface area (Å²) in [6, 6.07) is 15.4. The van der Waals surface area contributed by atoms with Gasteiger partial charge in [0.2, 0.25) is 5.76 Å². The van der Waals surface area contributed by atoms with Gasteiger partial charge in [0, 0.05) is 31.1 Å². The average molecular weight is 461 g/mol. The van der Waals surface area contributed by atoms with Crippen LogP contribution in [0.25, 0.3) is 11.3 Å². The summed E-state index contributed by atoms with van der Waals surface area (Å²) in [4.78, 5) is 19.3. The zero-order valence-electron chi connectivity index (χ0n) is 18.7. The summed E-state index contributed by atoms with van der Waals surface area (Å²) in [7, 11) is 1.64. The number of halogens is 1. The van der Waals surface area contributed by atoms with E-state index in [2.05, 4.69) is 10.1 Å². The van der Waals surface area contributed by atoms with Gasteiger partial charge in [-0.25, -0.2) is 9.37 Å². The average Bonchev–Trinajstić information content (AvgIpc) is 3.55. The number of likely N-dealkylation sites (tertiary alicyclic amines) is 1. The molecule has 7 nitrogen and oxygen atoms in total. The van der Waals surface area contributed by atoms with Crippen LogP contribution in [0.15, 0.2) is 69.7 Å². The van der Waals surface area contributed by atoms with Crippen molar-refractivity contribution in [3.8, 4) is 17.0 Å². The first-order valence-electron chi connectivity index (χ1n) is 11.2. The van der Waals surface area contributed by atoms with Gasteiger partial charge in [-0.05, 0) is 42.7 Å². The van der Waals surface area contributed by atoms with Gasteiger partial charge in [-0.15, -0.1) is 0 Å². The Morgan fingerprint density at radius 2 is 2.06 bits per heavy atom. The second-order valence-corrected chi connectivity index (χ2v) is 8.37. The summed E-state index contributed by atoms with van der Waals surface area (Å²) in [6.45, 7) is 1.10. The van der Waals surface area contributed by atoms with Crippen molar-refractivity contribution in [3.63, 3.8) is 0 Å². The van der Waals surface area contributed by atoms with Crippen molar-refractivity contribution in [1.29, 1.82) is 0 Å². The quantitative estimate of drug-likeness (QED) is 0.398. The molecule has 4 aromatic rings. The van der Waals surface area contributed by atoms with E-state index in [9.17, 15) is 9.18 Å². The zero-order chi connectivity index (χ0) is 23.5. The molecule has 2 aromatic heterocycles. The van der Waals surface area contributed by atoms with Crippen LogP contribution in [-0.4, -0.2) is 41.1 Å². The molecular formula is C26H24FN3O4. The number of aromatic nitrogens is 2. The molecule has 1 aliphatic rings. The summed E-state index contributed by atoms with van der Waals surface area (Å²) in [5.41, 5.74) is 2.08. The highest BCUT2D eigenvalue weighted by atomic mass is 19.1. The first kappa shape index (κ1) is 21.9. The molecule has 5 rings (SSSR count). The van der Waals surface area contributed by atoms with Crippen LogP contribution < -0.4 is 4.74 Å². The van der Waals surface area contributed by atoms with Gasteiger partial charge in [0.25, 0.3) is 5.91 Å². The summed E-state index contributed by atoms with van der Waals surface area (Å²) in [6.07, 6.45) is 4.10. The maximum Gasteiger partial charge on any atom is 0.292 e. The van der Waals surface area contributed by atoms with Crippen LogP contribution in [0.5, 0.6) is 5.75 Å². The highest BCUT2D eigenvalue weighted by Crippen LogP contribution is 2.29. The SMILES string of the molecule is COc1ccc(Cc2cnc(C3CCCN(C(=O)c4cc(-c5cccc(F)c5)no4)C3)o2)cc1. The van der Waals surface area contributed by atoms with Crippen LogP contribution in [0.4, 0.5) is 4.39 Å². The minimum Gasteiger partial charge on any atom is -0.497 e. The molecule has 1 amide bonds. The van der Waals surface area contributed by atoms with Crippen LogP contribution in [0.1, 0.15) is 46.5 Å². The van der Waals surface area contributed by atoms with Crippen LogP contribution in [-0.2, 0) is 6.42 Å². The number of methoxy groups -OCH3 is 1. The molecule has 0 saturated carbocycles. The lowest BCUT2D eigenvalue weighted by molar-refractivity contribution is 0.0656. The zero-order valence-corrected chi connectivity index (χ0v) is 18.7. The van der Waals surface area contributed by atoms with Gasteiger partial charge in [-0.2, -0.15) is 0 Å². The number of ether oxygens (including phenoxy) is 1. The molecule has 1 atom stereocenters. The van der Waals surface area contributed by atoms with E-state index in [-0.39, 0.29) is 23.4 Å². The lowest BCUT2D eigenvalue weighted by Crippen LogP contribution is -2.39. The lowest BCUT2D eigenvalue weighted by atomic mass is 9.98. The van der Waals surface area contributed by atoms with Crippen molar-refractivity contribution in [2.75, 3.05) is 20.2 Å². The van der Waals surface area contributed by atoms with Crippen molar-refractivity contribution < 1.29 is 22.9 Å². The minimum atomic E-state index is -0.371. The van der Waals surface area contributed by atoms with E-state index >= 15 is 0 Å². The third-order valence-corrected chi connectivity index (χ3v) is 6.01. The number of nitrogens with zero attached hydrogens (tertiary/aromatic N) is 3. The molecule has 2 aromatic carbocycles. The number of amides is 1. The molecule has 174 valence electrons. The molecular weight excluding hydrogens is 437 g/mol. The van der Waals surface area contributed by atoms with Gasteiger partial charge >= 0.3 is 0 Å². The largest absolute Gasteiger partial charge is 0.497 e. The normalized spacial score (nSPS) is 15.9. The summed E-state index contributed by atoms with van der Waals surface area (Å²) >= 11 is 0. The smallest absolute Gasteiger partial charge is 0.292 e. The molecule has 0 bridgehead atoms. The number of oxazole rings is 1. The van der Waals surface area contributed by atoms with Crippen LogP contribution in [0, 0.1) is 5.82 Å². The fraction of sp³-hybridized carbons (Fsp3) is 0.269. The molecule has 0 N–H and O–H groups in total. The van der Waals surface area contributed by atoms with Gasteiger partial charge in [-0.3, -0.25) is 4.79 Å². The van der Waals surface area contributed by atoms with E-state index in [1.54, 1.807) is 36.4 Å². The molecule has 3 heterocycles. The fourth-order valence-electron chi connectivity index (χ4n) is 4.22. The first-order valence-corrected chi connectivity index (χ1v) is 11.2. The molecule has 34 heavy (non-hydrogen) atoms. The minimum absolute atomic E-state index is 0.00734. The van der Waals surface area contributed by atoms with E-state index in [4.69, 9.17) is 13.7 Å². The molecule has 1 unspecified atom stereocenters. The topological polar surface area (TPSA) is 81.6 Å². The van der Waals surface area contributed by atoms with Gasteiger partial charge in [0.1, 0.15) is 23.0 Å². The molecule has 1 aliphatic heterocycles. The Kier molecular flexibility index (Phi) is 6.12. The van der Waals surface area contributed by atoms with E-state index in [0.717, 1.165) is 29.9 Å². The maximum absolute atomic E-state index is 13.5. The Hall–Kier alpha value is -3.94. The predicted molar refractivity (Wildman–Crippen MR) is 122 cm³/mol. The van der Waals surface area contributed by atoms with E-state index in [1.807, 2.05) is 24.3 Å². The van der Waals surface area contributed by atoms with Crippen LogP contribution in [0.3, 0.4) is 0 Å². The van der Waals surface area contributed by atoms with Crippen molar-refractivity contribution in [2.45, 2.75) is 25.2 Å². The first-order chi connectivity index (χ1) is 16.6. The van der Waals surface area contributed by atoms with Gasteiger partial charge in [-0.1, -0.05) is 29.4 Å². The van der Waals surface area contributed by atoms with Crippen molar-refractivity contribution in [2.24, 2.45) is 0 Å². The van der Waals surface area contributed by atoms with E-state index in [0.29, 0.717) is 36.7 Å². The number of carbonyl (C=O) groups excluding carboxylic acids is 1. The Balaban J connectivity index is 1.25. The number of hydrogen-bond acceptors (Lipinski definition) is 6. The number of piperidine rings is 1. The summed E-state index contributed by atoms with van der Waals surface area (Å²) in [5.74, 6) is 1.75. The molecule has 1 saturated heterocycles. The van der Waals surface area contributed by atoms with Gasteiger partial charge < -0.3 is 18.6 Å². The highest BCUT2D eigenvalue weighted by Gasteiger charge is 2.30. The molecule has 8 heteroatoms. The van der Waals surface area contributed by atoms with Crippen LogP contribution in [0.2, 0.25) is 0 Å². The molecule has 1 fully saturated rings. The molecule has 0 radical (unpaired) electrons. The number of rotatable bonds is 6. The third kappa shape index (κ3) is 4.71. The third-order valence-electron chi connectivity index (χ3n) is 6.01. The van der Waals surface area contributed by atoms with Crippen molar-refractivity contribution in [3.05, 3.63) is 89.6 Å². The highest BCUT2D eigenvalue weighted by molar-refractivity contribution is 5.92. The van der Waals surface area contributed by atoms with E-state index in [1.165, 1.54) is 12.1 Å². The Labute approximate surface area is 196 Å². The summed E-state index contributed by atoms with van der Waals surface area (Å²) in [5, 5.41) is 3.95. The van der Waals surface area contributed by atoms with Gasteiger partial charge in [0.05, 0.1) is 19.2 Å². The maximum atomic E-state index is 13.5. The van der Waals surface area contributed by atoms with Crippen molar-refractivity contribution in [1.82, 2.24) is 15.0 Å². The second kappa shape index (κ2) is 9.51. The van der Waals surface area contributed by atoms with E-state index < -0.39 is 0 Å². The van der Waals surface area contributed by atoms with Crippen LogP contribution >= 0.6 is 0 Å².